The molecule has 0 spiro atoms. The molecule has 10 heteroatoms. The first-order valence-corrected chi connectivity index (χ1v) is 7.86. The van der Waals surface area contributed by atoms with E-state index in [1.54, 1.807) is 0 Å². The maximum absolute atomic E-state index is 13.3. The van der Waals surface area contributed by atoms with E-state index in [2.05, 4.69) is 17.0 Å². The molecule has 0 heterocycles. The summed E-state index contributed by atoms with van der Waals surface area (Å²) in [5.74, 6) is 0. The number of hydrogen-bond donors (Lipinski definition) is 0. The van der Waals surface area contributed by atoms with Gasteiger partial charge in [-0.05, 0) is 30.4 Å². The van der Waals surface area contributed by atoms with Crippen LogP contribution >= 0.6 is 24.0 Å². The Hall–Kier alpha value is -0.250. The van der Waals surface area contributed by atoms with Crippen molar-refractivity contribution in [2.75, 3.05) is 6.61 Å². The molecule has 0 aliphatic rings. The molecule has 0 fully saturated rings. The first kappa shape index (κ1) is 21.8. The fraction of sp³-hybridized carbons (Fsp3) is 0.917. The summed E-state index contributed by atoms with van der Waals surface area (Å²) in [6, 6.07) is 0. The third kappa shape index (κ3) is 6.89. The fourth-order valence-electron chi connectivity index (χ4n) is 1.46. The van der Waals surface area contributed by atoms with Crippen molar-refractivity contribution in [2.24, 2.45) is 0 Å². The van der Waals surface area contributed by atoms with E-state index in [0.717, 1.165) is 25.7 Å². The molecule has 0 N–H and O–H groups in total. The van der Waals surface area contributed by atoms with Gasteiger partial charge in [0, 0.05) is 0 Å². The van der Waals surface area contributed by atoms with Crippen molar-refractivity contribution >= 4 is 28.4 Å². The van der Waals surface area contributed by atoms with Gasteiger partial charge in [-0.1, -0.05) is 39.0 Å². The summed E-state index contributed by atoms with van der Waals surface area (Å²) in [6.07, 6.45) is -7.15. The molecule has 0 aliphatic heterocycles. The average molecular weight is 374 g/mol. The van der Waals surface area contributed by atoms with Gasteiger partial charge in [0.2, 0.25) is 4.38 Å². The lowest BCUT2D eigenvalue weighted by atomic mass is 10.1. The zero-order valence-corrected chi connectivity index (χ0v) is 13.5. The van der Waals surface area contributed by atoms with Gasteiger partial charge >= 0.3 is 17.4 Å². The largest absolute Gasteiger partial charge is 0.479 e. The Kier molecular flexibility index (Phi) is 9.04. The van der Waals surface area contributed by atoms with E-state index in [-0.39, 0.29) is 6.61 Å². The number of unbranched alkanes of at least 4 members (excludes halogenated alkanes) is 5. The van der Waals surface area contributed by atoms with E-state index in [1.165, 1.54) is 0 Å². The van der Waals surface area contributed by atoms with Gasteiger partial charge in [0.1, 0.15) is 0 Å². The van der Waals surface area contributed by atoms with Crippen LogP contribution in [-0.4, -0.2) is 28.3 Å². The fourth-order valence-corrected chi connectivity index (χ4v) is 2.49. The van der Waals surface area contributed by atoms with Crippen LogP contribution in [0.4, 0.5) is 30.7 Å². The number of halogens is 7. The minimum Gasteiger partial charge on any atom is -0.479 e. The van der Waals surface area contributed by atoms with Crippen LogP contribution in [0.5, 0.6) is 0 Å². The quantitative estimate of drug-likeness (QED) is 0.286. The Bertz CT molecular complexity index is 327. The van der Waals surface area contributed by atoms with Gasteiger partial charge in [0.25, 0.3) is 0 Å². The van der Waals surface area contributed by atoms with Crippen molar-refractivity contribution in [1.29, 1.82) is 0 Å². The molecule has 0 saturated carbocycles. The zero-order chi connectivity index (χ0) is 17.4. The summed E-state index contributed by atoms with van der Waals surface area (Å²) < 4.78 is 90.5. The summed E-state index contributed by atoms with van der Waals surface area (Å²) >= 11 is 3.09. The molecular formula is C12H17F7OS2. The van der Waals surface area contributed by atoms with Crippen molar-refractivity contribution in [3.05, 3.63) is 0 Å². The molecule has 1 nitrogen and oxygen atoms in total. The summed E-state index contributed by atoms with van der Waals surface area (Å²) in [7, 11) is 0. The number of alkyl halides is 7. The predicted octanol–water partition coefficient (Wildman–Crippen LogP) is 6.17. The van der Waals surface area contributed by atoms with Crippen LogP contribution in [-0.2, 0) is 4.74 Å². The minimum atomic E-state index is -6.14. The molecule has 0 saturated heterocycles. The number of thioether (sulfide) groups is 1. The van der Waals surface area contributed by atoms with Gasteiger partial charge < -0.3 is 4.74 Å². The average Bonchev–Trinajstić information content (AvgIpc) is 2.35. The molecule has 0 amide bonds. The third-order valence-electron chi connectivity index (χ3n) is 2.67. The van der Waals surface area contributed by atoms with Gasteiger partial charge in [0.05, 0.1) is 6.61 Å². The maximum atomic E-state index is 13.3. The Morgan fingerprint density at radius 3 is 1.77 bits per heavy atom. The maximum Gasteiger partial charge on any atom is 0.442 e. The molecule has 0 aromatic heterocycles. The van der Waals surface area contributed by atoms with Crippen LogP contribution < -0.4 is 0 Å². The van der Waals surface area contributed by atoms with Gasteiger partial charge in [-0.3, -0.25) is 0 Å². The highest BCUT2D eigenvalue weighted by Gasteiger charge is 2.74. The van der Waals surface area contributed by atoms with Crippen LogP contribution in [0.1, 0.15) is 45.4 Å². The van der Waals surface area contributed by atoms with Gasteiger partial charge in [0.15, 0.2) is 0 Å². The summed E-state index contributed by atoms with van der Waals surface area (Å²) in [6.45, 7) is 1.90. The lowest BCUT2D eigenvalue weighted by Crippen LogP contribution is -2.51. The molecular weight excluding hydrogens is 357 g/mol. The standard InChI is InChI=1S/C12H17F7OS2/c1-2-3-4-5-6-7-8-20-9(21)22-10(13,11(14,15)16)12(17,18)19/h2-8H2,1H3. The van der Waals surface area contributed by atoms with E-state index in [9.17, 15) is 30.7 Å². The van der Waals surface area contributed by atoms with Crippen molar-refractivity contribution in [3.63, 3.8) is 0 Å². The Morgan fingerprint density at radius 1 is 0.864 bits per heavy atom. The van der Waals surface area contributed by atoms with E-state index in [1.807, 2.05) is 6.92 Å². The molecule has 0 rings (SSSR count). The van der Waals surface area contributed by atoms with Gasteiger partial charge in [-0.2, -0.15) is 26.3 Å². The molecule has 0 aromatic carbocycles. The van der Waals surface area contributed by atoms with Gasteiger partial charge in [-0.25, -0.2) is 4.39 Å². The molecule has 0 aromatic rings. The molecule has 132 valence electrons. The van der Waals surface area contributed by atoms with Crippen LogP contribution in [0.2, 0.25) is 0 Å². The smallest absolute Gasteiger partial charge is 0.442 e. The first-order valence-electron chi connectivity index (χ1n) is 6.64. The second-order valence-electron chi connectivity index (χ2n) is 4.56. The topological polar surface area (TPSA) is 9.23 Å². The number of hydrogen-bond acceptors (Lipinski definition) is 3. The number of rotatable bonds is 8. The normalized spacial score (nSPS) is 13.3. The van der Waals surface area contributed by atoms with E-state index in [4.69, 9.17) is 0 Å². The Morgan fingerprint density at radius 2 is 1.32 bits per heavy atom. The van der Waals surface area contributed by atoms with E-state index < -0.39 is 33.5 Å². The van der Waals surface area contributed by atoms with E-state index >= 15 is 0 Å². The SMILES string of the molecule is CCCCCCCCOC(=S)SC(F)(C(F)(F)F)C(F)(F)F. The van der Waals surface area contributed by atoms with Crippen molar-refractivity contribution in [1.82, 2.24) is 0 Å². The highest BCUT2D eigenvalue weighted by atomic mass is 32.2. The lowest BCUT2D eigenvalue weighted by molar-refractivity contribution is -0.302. The molecule has 0 atom stereocenters. The molecule has 0 unspecified atom stereocenters. The van der Waals surface area contributed by atoms with Crippen LogP contribution in [0.25, 0.3) is 0 Å². The van der Waals surface area contributed by atoms with Gasteiger partial charge in [-0.15, -0.1) is 0 Å². The lowest BCUT2D eigenvalue weighted by Gasteiger charge is -2.28. The molecule has 0 bridgehead atoms. The summed E-state index contributed by atoms with van der Waals surface area (Å²) in [5.41, 5.74) is 0. The summed E-state index contributed by atoms with van der Waals surface area (Å²) in [4.78, 5) is 0. The second-order valence-corrected chi connectivity index (χ2v) is 6.33. The van der Waals surface area contributed by atoms with Crippen molar-refractivity contribution in [2.45, 2.75) is 62.8 Å². The first-order chi connectivity index (χ1) is 9.95. The highest BCUT2D eigenvalue weighted by molar-refractivity contribution is 8.23. The Balaban J connectivity index is 4.27. The zero-order valence-electron chi connectivity index (χ0n) is 11.8. The van der Waals surface area contributed by atoms with Crippen LogP contribution in [0.15, 0.2) is 0 Å². The predicted molar refractivity (Wildman–Crippen MR) is 75.5 cm³/mol. The third-order valence-corrected chi connectivity index (χ3v) is 4.07. The molecule has 0 aliphatic carbocycles. The van der Waals surface area contributed by atoms with Crippen molar-refractivity contribution in [3.8, 4) is 0 Å². The highest BCUT2D eigenvalue weighted by Crippen LogP contribution is 2.53. The minimum absolute atomic E-state index is 0.135. The van der Waals surface area contributed by atoms with Crippen LogP contribution in [0, 0.1) is 0 Å². The summed E-state index contributed by atoms with van der Waals surface area (Å²) in [5, 5.41) is -5.46. The molecule has 22 heavy (non-hydrogen) atoms. The van der Waals surface area contributed by atoms with Crippen molar-refractivity contribution < 1.29 is 35.5 Å². The van der Waals surface area contributed by atoms with Crippen LogP contribution in [0.3, 0.4) is 0 Å². The Labute approximate surface area is 134 Å². The van der Waals surface area contributed by atoms with E-state index in [0.29, 0.717) is 12.8 Å². The molecule has 0 radical (unpaired) electrons. The second kappa shape index (κ2) is 9.14. The monoisotopic (exact) mass is 374 g/mol. The number of ether oxygens (including phenoxy) is 1. The number of thiocarbonyl (C=S) groups is 1.